The van der Waals surface area contributed by atoms with E-state index in [9.17, 15) is 9.59 Å². The summed E-state index contributed by atoms with van der Waals surface area (Å²) in [5, 5.41) is 0. The zero-order chi connectivity index (χ0) is 28.7. The van der Waals surface area contributed by atoms with Crippen molar-refractivity contribution in [1.29, 1.82) is 0 Å². The van der Waals surface area contributed by atoms with E-state index in [-0.39, 0.29) is 11.9 Å². The molecular formula is C36H68O3. The van der Waals surface area contributed by atoms with Crippen molar-refractivity contribution in [3.05, 3.63) is 12.2 Å². The Morgan fingerprint density at radius 1 is 0.487 bits per heavy atom. The molecule has 0 aromatic rings. The van der Waals surface area contributed by atoms with Crippen molar-refractivity contribution in [2.24, 2.45) is 5.92 Å². The van der Waals surface area contributed by atoms with Gasteiger partial charge >= 0.3 is 11.9 Å². The van der Waals surface area contributed by atoms with Crippen LogP contribution in [0.4, 0.5) is 0 Å². The van der Waals surface area contributed by atoms with Crippen LogP contribution in [-0.2, 0) is 14.3 Å². The second-order valence-electron chi connectivity index (χ2n) is 12.4. The molecule has 0 heterocycles. The summed E-state index contributed by atoms with van der Waals surface area (Å²) in [5.74, 6) is 0.184. The van der Waals surface area contributed by atoms with Gasteiger partial charge in [-0.1, -0.05) is 161 Å². The first kappa shape index (κ1) is 37.9. The average molecular weight is 549 g/mol. The van der Waals surface area contributed by atoms with Gasteiger partial charge < -0.3 is 4.74 Å². The van der Waals surface area contributed by atoms with Crippen LogP contribution in [-0.4, -0.2) is 11.9 Å². The van der Waals surface area contributed by atoms with E-state index in [1.165, 1.54) is 135 Å². The smallest absolute Gasteiger partial charge is 0.313 e. The van der Waals surface area contributed by atoms with E-state index >= 15 is 0 Å². The molecule has 3 heteroatoms. The SMILES string of the molecule is CCCCCCCC/C=C\CCCCCCCC(=O)OC(=O)CCCCCCCCCCCCCCC(C)C. The molecule has 3 nitrogen and oxygen atoms in total. The number of esters is 2. The largest absolute Gasteiger partial charge is 0.393 e. The van der Waals surface area contributed by atoms with Crippen molar-refractivity contribution in [1.82, 2.24) is 0 Å². The first-order valence-electron chi connectivity index (χ1n) is 17.4. The van der Waals surface area contributed by atoms with Gasteiger partial charge in [0.05, 0.1) is 0 Å². The van der Waals surface area contributed by atoms with E-state index < -0.39 is 0 Å². The summed E-state index contributed by atoms with van der Waals surface area (Å²) < 4.78 is 5.00. The van der Waals surface area contributed by atoms with Gasteiger partial charge in [-0.25, -0.2) is 0 Å². The molecule has 0 saturated carbocycles. The van der Waals surface area contributed by atoms with E-state index in [0.717, 1.165) is 38.0 Å². The maximum absolute atomic E-state index is 11.9. The maximum Gasteiger partial charge on any atom is 0.313 e. The molecule has 0 aromatic carbocycles. The Balaban J connectivity index is 3.33. The van der Waals surface area contributed by atoms with Crippen molar-refractivity contribution in [2.45, 2.75) is 201 Å². The molecule has 0 aromatic heterocycles. The summed E-state index contributed by atoms with van der Waals surface area (Å²) in [6.45, 7) is 6.89. The van der Waals surface area contributed by atoms with Gasteiger partial charge in [0.2, 0.25) is 0 Å². The highest BCUT2D eigenvalue weighted by Gasteiger charge is 2.09. The van der Waals surface area contributed by atoms with E-state index in [2.05, 4.69) is 32.9 Å². The standard InChI is InChI=1S/C36H68O3/c1-4-5-6-7-8-9-10-11-12-13-17-20-23-26-29-32-35(37)39-36(38)33-30-27-24-21-18-15-14-16-19-22-25-28-31-34(2)3/h11-12,34H,4-10,13-33H2,1-3H3/b12-11-. The third-order valence-electron chi connectivity index (χ3n) is 7.78. The minimum Gasteiger partial charge on any atom is -0.393 e. The Labute approximate surface area is 244 Å². The Kier molecular flexibility index (Phi) is 30.5. The molecule has 0 rings (SSSR count). The maximum atomic E-state index is 11.9. The number of unbranched alkanes of at least 4 members (excludes halogenated alkanes) is 22. The molecule has 0 aliphatic carbocycles. The van der Waals surface area contributed by atoms with Gasteiger partial charge in [0.15, 0.2) is 0 Å². The van der Waals surface area contributed by atoms with Crippen LogP contribution in [0.3, 0.4) is 0 Å². The van der Waals surface area contributed by atoms with E-state index in [0.29, 0.717) is 12.8 Å². The lowest BCUT2D eigenvalue weighted by molar-refractivity contribution is -0.159. The average Bonchev–Trinajstić information content (AvgIpc) is 2.90. The van der Waals surface area contributed by atoms with Gasteiger partial charge in [0.25, 0.3) is 0 Å². The predicted molar refractivity (Wildman–Crippen MR) is 170 cm³/mol. The highest BCUT2D eigenvalue weighted by Crippen LogP contribution is 2.15. The molecule has 0 saturated heterocycles. The van der Waals surface area contributed by atoms with Crippen molar-refractivity contribution in [3.63, 3.8) is 0 Å². The summed E-state index contributed by atoms with van der Waals surface area (Å²) in [5.41, 5.74) is 0. The van der Waals surface area contributed by atoms with Crippen LogP contribution in [0.2, 0.25) is 0 Å². The molecule has 0 amide bonds. The van der Waals surface area contributed by atoms with Gasteiger partial charge in [0.1, 0.15) is 0 Å². The highest BCUT2D eigenvalue weighted by atomic mass is 16.6. The van der Waals surface area contributed by atoms with Crippen LogP contribution in [0.25, 0.3) is 0 Å². The molecule has 0 radical (unpaired) electrons. The molecule has 0 unspecified atom stereocenters. The third-order valence-corrected chi connectivity index (χ3v) is 7.78. The van der Waals surface area contributed by atoms with Crippen LogP contribution in [0.15, 0.2) is 12.2 Å². The summed E-state index contributed by atoms with van der Waals surface area (Å²) in [6, 6.07) is 0. The second-order valence-corrected chi connectivity index (χ2v) is 12.4. The molecule has 0 spiro atoms. The molecule has 230 valence electrons. The minimum absolute atomic E-state index is 0.332. The van der Waals surface area contributed by atoms with Crippen molar-refractivity contribution in [3.8, 4) is 0 Å². The van der Waals surface area contributed by atoms with Gasteiger partial charge in [-0.15, -0.1) is 0 Å². The monoisotopic (exact) mass is 549 g/mol. The highest BCUT2D eigenvalue weighted by molar-refractivity contribution is 5.85. The molecule has 0 N–H and O–H groups in total. The van der Waals surface area contributed by atoms with Gasteiger partial charge in [-0.3, -0.25) is 9.59 Å². The fourth-order valence-electron chi connectivity index (χ4n) is 5.16. The summed E-state index contributed by atoms with van der Waals surface area (Å²) in [7, 11) is 0. The summed E-state index contributed by atoms with van der Waals surface area (Å²) >= 11 is 0. The number of hydrogen-bond donors (Lipinski definition) is 0. The first-order chi connectivity index (χ1) is 19.1. The molecule has 0 bridgehead atoms. The van der Waals surface area contributed by atoms with Gasteiger partial charge in [0, 0.05) is 12.8 Å². The topological polar surface area (TPSA) is 43.4 Å². The Morgan fingerprint density at radius 3 is 1.21 bits per heavy atom. The van der Waals surface area contributed by atoms with Crippen molar-refractivity contribution < 1.29 is 14.3 Å². The normalized spacial score (nSPS) is 11.6. The van der Waals surface area contributed by atoms with Crippen LogP contribution in [0.1, 0.15) is 201 Å². The number of carbonyl (C=O) groups excluding carboxylic acids is 2. The number of hydrogen-bond acceptors (Lipinski definition) is 3. The third kappa shape index (κ3) is 33.0. The number of allylic oxidation sites excluding steroid dienone is 2. The minimum atomic E-state index is -0.336. The van der Waals surface area contributed by atoms with Crippen LogP contribution >= 0.6 is 0 Å². The lowest BCUT2D eigenvalue weighted by Gasteiger charge is -2.05. The van der Waals surface area contributed by atoms with E-state index in [1.54, 1.807) is 0 Å². The Hall–Kier alpha value is -1.12. The molecule has 0 atom stereocenters. The lowest BCUT2D eigenvalue weighted by Crippen LogP contribution is -2.11. The predicted octanol–water partition coefficient (Wildman–Crippen LogP) is 12.2. The molecule has 0 fully saturated rings. The van der Waals surface area contributed by atoms with Gasteiger partial charge in [-0.2, -0.15) is 0 Å². The second kappa shape index (κ2) is 31.4. The summed E-state index contributed by atoms with van der Waals surface area (Å²) in [6.07, 6.45) is 38.3. The molecule has 39 heavy (non-hydrogen) atoms. The van der Waals surface area contributed by atoms with Crippen molar-refractivity contribution in [2.75, 3.05) is 0 Å². The Bertz CT molecular complexity index is 552. The van der Waals surface area contributed by atoms with Crippen LogP contribution in [0, 0.1) is 5.92 Å². The number of ether oxygens (including phenoxy) is 1. The van der Waals surface area contributed by atoms with E-state index in [4.69, 9.17) is 4.74 Å². The Morgan fingerprint density at radius 2 is 0.821 bits per heavy atom. The van der Waals surface area contributed by atoms with Crippen molar-refractivity contribution >= 4 is 11.9 Å². The molecule has 0 aliphatic heterocycles. The molecule has 0 aliphatic rings. The molecular weight excluding hydrogens is 480 g/mol. The number of rotatable bonds is 30. The zero-order valence-corrected chi connectivity index (χ0v) is 26.8. The number of carbonyl (C=O) groups is 2. The zero-order valence-electron chi connectivity index (χ0n) is 26.8. The quantitative estimate of drug-likeness (QED) is 0.0388. The summed E-state index contributed by atoms with van der Waals surface area (Å²) in [4.78, 5) is 23.8. The van der Waals surface area contributed by atoms with Crippen LogP contribution in [0.5, 0.6) is 0 Å². The fraction of sp³-hybridized carbons (Fsp3) is 0.889. The van der Waals surface area contributed by atoms with Gasteiger partial charge in [-0.05, 0) is 44.4 Å². The lowest BCUT2D eigenvalue weighted by atomic mass is 10.0. The van der Waals surface area contributed by atoms with E-state index in [1.807, 2.05) is 0 Å². The fourth-order valence-corrected chi connectivity index (χ4v) is 5.16. The van der Waals surface area contributed by atoms with Crippen LogP contribution < -0.4 is 0 Å². The first-order valence-corrected chi connectivity index (χ1v) is 17.4.